The van der Waals surface area contributed by atoms with Gasteiger partial charge in [-0.1, -0.05) is 18.2 Å². The minimum absolute atomic E-state index is 0.00555. The Morgan fingerprint density at radius 1 is 1.25 bits per heavy atom. The van der Waals surface area contributed by atoms with E-state index in [0.29, 0.717) is 13.2 Å². The summed E-state index contributed by atoms with van der Waals surface area (Å²) >= 11 is 0. The van der Waals surface area contributed by atoms with Crippen LogP contribution in [-0.2, 0) is 9.53 Å². The van der Waals surface area contributed by atoms with E-state index in [9.17, 15) is 4.79 Å². The van der Waals surface area contributed by atoms with E-state index in [1.807, 2.05) is 38.1 Å². The van der Waals surface area contributed by atoms with Gasteiger partial charge in [-0.3, -0.25) is 4.79 Å². The number of carbonyl (C=O) groups is 1. The van der Waals surface area contributed by atoms with Gasteiger partial charge in [0.2, 0.25) is 0 Å². The second-order valence-corrected chi connectivity index (χ2v) is 3.42. The predicted octanol–water partition coefficient (Wildman–Crippen LogP) is 2.75. The van der Waals surface area contributed by atoms with Crippen LogP contribution in [0.1, 0.15) is 32.4 Å². The van der Waals surface area contributed by atoms with Crippen LogP contribution in [0, 0.1) is 0 Å². The molecule has 16 heavy (non-hydrogen) atoms. The van der Waals surface area contributed by atoms with Crippen molar-refractivity contribution in [1.29, 1.82) is 0 Å². The van der Waals surface area contributed by atoms with E-state index in [4.69, 9.17) is 9.47 Å². The molecule has 1 aromatic rings. The Labute approximate surface area is 96.4 Å². The molecule has 0 saturated carbocycles. The molecule has 1 unspecified atom stereocenters. The summed E-state index contributed by atoms with van der Waals surface area (Å²) in [6.07, 6.45) is -0.521. The van der Waals surface area contributed by atoms with Crippen LogP contribution < -0.4 is 4.74 Å². The van der Waals surface area contributed by atoms with Crippen molar-refractivity contribution >= 4 is 5.78 Å². The molecular weight excluding hydrogens is 204 g/mol. The van der Waals surface area contributed by atoms with Crippen LogP contribution in [0.3, 0.4) is 0 Å². The van der Waals surface area contributed by atoms with Crippen molar-refractivity contribution in [3.8, 4) is 5.75 Å². The van der Waals surface area contributed by atoms with Gasteiger partial charge in [0.25, 0.3) is 0 Å². The lowest BCUT2D eigenvalue weighted by Gasteiger charge is -2.17. The van der Waals surface area contributed by atoms with E-state index >= 15 is 0 Å². The van der Waals surface area contributed by atoms with Crippen LogP contribution >= 0.6 is 0 Å². The van der Waals surface area contributed by atoms with Crippen molar-refractivity contribution in [2.24, 2.45) is 0 Å². The van der Waals surface area contributed by atoms with Gasteiger partial charge in [-0.25, -0.2) is 0 Å². The third-order valence-corrected chi connectivity index (χ3v) is 2.20. The quantitative estimate of drug-likeness (QED) is 0.742. The zero-order chi connectivity index (χ0) is 12.0. The standard InChI is InChI=1S/C13H18O3/c1-4-15-12-9-7-6-8-11(12)13(10(3)14)16-5-2/h6-9,13H,4-5H2,1-3H3. The van der Waals surface area contributed by atoms with Crippen molar-refractivity contribution in [1.82, 2.24) is 0 Å². The normalized spacial score (nSPS) is 12.2. The monoisotopic (exact) mass is 222 g/mol. The second-order valence-electron chi connectivity index (χ2n) is 3.42. The maximum Gasteiger partial charge on any atom is 0.163 e. The number of hydrogen-bond donors (Lipinski definition) is 0. The Morgan fingerprint density at radius 2 is 1.94 bits per heavy atom. The summed E-state index contributed by atoms with van der Waals surface area (Å²) in [7, 11) is 0. The van der Waals surface area contributed by atoms with Crippen molar-refractivity contribution < 1.29 is 14.3 Å². The van der Waals surface area contributed by atoms with Crippen LogP contribution in [-0.4, -0.2) is 19.0 Å². The molecule has 88 valence electrons. The smallest absolute Gasteiger partial charge is 0.163 e. The molecule has 0 saturated heterocycles. The van der Waals surface area contributed by atoms with Gasteiger partial charge in [0.05, 0.1) is 6.61 Å². The largest absolute Gasteiger partial charge is 0.493 e. The van der Waals surface area contributed by atoms with Gasteiger partial charge in [0.1, 0.15) is 11.9 Å². The van der Waals surface area contributed by atoms with Crippen LogP contribution in [0.4, 0.5) is 0 Å². The number of hydrogen-bond acceptors (Lipinski definition) is 3. The number of Topliss-reactive ketones (excluding diaryl/α,β-unsaturated/α-hetero) is 1. The van der Waals surface area contributed by atoms with Crippen molar-refractivity contribution in [2.75, 3.05) is 13.2 Å². The Morgan fingerprint density at radius 3 is 2.50 bits per heavy atom. The fraction of sp³-hybridized carbons (Fsp3) is 0.462. The summed E-state index contributed by atoms with van der Waals surface area (Å²) in [6.45, 7) is 6.40. The van der Waals surface area contributed by atoms with Crippen LogP contribution in [0.15, 0.2) is 24.3 Å². The fourth-order valence-electron chi connectivity index (χ4n) is 1.58. The van der Waals surface area contributed by atoms with Crippen molar-refractivity contribution in [3.05, 3.63) is 29.8 Å². The fourth-order valence-corrected chi connectivity index (χ4v) is 1.58. The van der Waals surface area contributed by atoms with E-state index in [1.165, 1.54) is 6.92 Å². The SMILES string of the molecule is CCOc1ccccc1C(OCC)C(C)=O. The van der Waals surface area contributed by atoms with E-state index in [1.54, 1.807) is 0 Å². The summed E-state index contributed by atoms with van der Waals surface area (Å²) in [5, 5.41) is 0. The number of ether oxygens (including phenoxy) is 2. The third-order valence-electron chi connectivity index (χ3n) is 2.20. The topological polar surface area (TPSA) is 35.5 Å². The molecule has 0 N–H and O–H groups in total. The zero-order valence-electron chi connectivity index (χ0n) is 10.0. The van der Waals surface area contributed by atoms with Gasteiger partial charge in [-0.05, 0) is 26.8 Å². The summed E-state index contributed by atoms with van der Waals surface area (Å²) in [5.74, 6) is 0.715. The molecule has 0 spiro atoms. The maximum atomic E-state index is 11.5. The highest BCUT2D eigenvalue weighted by Gasteiger charge is 2.20. The van der Waals surface area contributed by atoms with Gasteiger partial charge >= 0.3 is 0 Å². The van der Waals surface area contributed by atoms with Crippen LogP contribution in [0.25, 0.3) is 0 Å². The minimum atomic E-state index is -0.521. The summed E-state index contributed by atoms with van der Waals surface area (Å²) in [6, 6.07) is 7.49. The second kappa shape index (κ2) is 6.28. The van der Waals surface area contributed by atoms with E-state index in [-0.39, 0.29) is 5.78 Å². The molecule has 0 fully saturated rings. The van der Waals surface area contributed by atoms with Crippen LogP contribution in [0.5, 0.6) is 5.75 Å². The molecule has 3 heteroatoms. The van der Waals surface area contributed by atoms with Gasteiger partial charge in [0.15, 0.2) is 5.78 Å². The number of para-hydroxylation sites is 1. The molecule has 0 heterocycles. The molecule has 0 aromatic heterocycles. The molecule has 3 nitrogen and oxygen atoms in total. The van der Waals surface area contributed by atoms with E-state index in [0.717, 1.165) is 11.3 Å². The molecule has 1 rings (SSSR count). The van der Waals surface area contributed by atoms with Gasteiger partial charge in [0, 0.05) is 12.2 Å². The summed E-state index contributed by atoms with van der Waals surface area (Å²) < 4.78 is 10.9. The maximum absolute atomic E-state index is 11.5. The first kappa shape index (κ1) is 12.7. The number of rotatable bonds is 6. The molecule has 0 aliphatic carbocycles. The average molecular weight is 222 g/mol. The first-order valence-corrected chi connectivity index (χ1v) is 5.54. The molecule has 1 aromatic carbocycles. The summed E-state index contributed by atoms with van der Waals surface area (Å²) in [5.41, 5.74) is 0.804. The molecule has 0 radical (unpaired) electrons. The number of ketones is 1. The highest BCUT2D eigenvalue weighted by Crippen LogP contribution is 2.28. The molecule has 0 aliphatic rings. The first-order valence-electron chi connectivity index (χ1n) is 5.54. The number of carbonyl (C=O) groups excluding carboxylic acids is 1. The molecule has 0 aliphatic heterocycles. The Kier molecular flexibility index (Phi) is 4.99. The Hall–Kier alpha value is -1.35. The molecular formula is C13H18O3. The predicted molar refractivity (Wildman–Crippen MR) is 62.7 cm³/mol. The van der Waals surface area contributed by atoms with Crippen molar-refractivity contribution in [2.45, 2.75) is 26.9 Å². The van der Waals surface area contributed by atoms with Gasteiger partial charge in [-0.2, -0.15) is 0 Å². The summed E-state index contributed by atoms with van der Waals surface area (Å²) in [4.78, 5) is 11.5. The zero-order valence-corrected chi connectivity index (χ0v) is 10.0. The van der Waals surface area contributed by atoms with Crippen molar-refractivity contribution in [3.63, 3.8) is 0 Å². The minimum Gasteiger partial charge on any atom is -0.493 e. The molecule has 0 bridgehead atoms. The lowest BCUT2D eigenvalue weighted by atomic mass is 10.1. The number of benzene rings is 1. The first-order chi connectivity index (χ1) is 7.70. The van der Waals surface area contributed by atoms with Crippen LogP contribution in [0.2, 0.25) is 0 Å². The third kappa shape index (κ3) is 3.07. The highest BCUT2D eigenvalue weighted by molar-refractivity contribution is 5.82. The van der Waals surface area contributed by atoms with Gasteiger partial charge < -0.3 is 9.47 Å². The highest BCUT2D eigenvalue weighted by atomic mass is 16.5. The lowest BCUT2D eigenvalue weighted by molar-refractivity contribution is -0.128. The lowest BCUT2D eigenvalue weighted by Crippen LogP contribution is -2.14. The Bertz CT molecular complexity index is 347. The Balaban J connectivity index is 3.02. The average Bonchev–Trinajstić information content (AvgIpc) is 2.27. The van der Waals surface area contributed by atoms with Gasteiger partial charge in [-0.15, -0.1) is 0 Å². The molecule has 0 amide bonds. The molecule has 1 atom stereocenters. The van der Waals surface area contributed by atoms with E-state index < -0.39 is 6.10 Å². The van der Waals surface area contributed by atoms with E-state index in [2.05, 4.69) is 0 Å².